The Morgan fingerprint density at radius 1 is 1.10 bits per heavy atom. The van der Waals surface area contributed by atoms with Gasteiger partial charge in [0.2, 0.25) is 10.0 Å². The first kappa shape index (κ1) is 37.2. The number of benzene rings is 2. The van der Waals surface area contributed by atoms with Crippen molar-refractivity contribution < 1.29 is 45.0 Å². The lowest BCUT2D eigenvalue weighted by molar-refractivity contribution is -0.138. The van der Waals surface area contributed by atoms with Gasteiger partial charge in [-0.15, -0.1) is 0 Å². The number of piperazine rings is 1. The fourth-order valence-electron chi connectivity index (χ4n) is 7.94. The van der Waals surface area contributed by atoms with Crippen molar-refractivity contribution in [1.82, 2.24) is 14.9 Å². The molecular weight excluding hydrogens is 666 g/mol. The summed E-state index contributed by atoms with van der Waals surface area (Å²) in [6, 6.07) is 7.58. The summed E-state index contributed by atoms with van der Waals surface area (Å²) in [7, 11) is -2.41. The van der Waals surface area contributed by atoms with Gasteiger partial charge in [0.1, 0.15) is 5.82 Å². The van der Waals surface area contributed by atoms with Crippen LogP contribution in [0.4, 0.5) is 22.4 Å². The van der Waals surface area contributed by atoms with Crippen LogP contribution < -0.4 is 10.6 Å². The number of alkyl carbamates (subject to hydrolysis) is 1. The molecule has 2 unspecified atom stereocenters. The predicted molar refractivity (Wildman–Crippen MR) is 175 cm³/mol. The lowest BCUT2D eigenvalue weighted by Crippen LogP contribution is -2.57. The van der Waals surface area contributed by atoms with E-state index in [9.17, 15) is 35.6 Å². The summed E-state index contributed by atoms with van der Waals surface area (Å²) in [6.07, 6.45) is -4.11. The Morgan fingerprint density at radius 2 is 1.80 bits per heavy atom. The summed E-state index contributed by atoms with van der Waals surface area (Å²) in [5, 5.41) is 6.01. The smallest absolute Gasteiger partial charge is 0.416 e. The minimum atomic E-state index is -4.73. The van der Waals surface area contributed by atoms with Crippen molar-refractivity contribution in [1.29, 1.82) is 0 Å². The van der Waals surface area contributed by atoms with Gasteiger partial charge in [0.05, 0.1) is 36.7 Å². The normalized spacial score (nSPS) is 28.1. The van der Waals surface area contributed by atoms with Gasteiger partial charge < -0.3 is 20.1 Å². The van der Waals surface area contributed by atoms with Gasteiger partial charge in [0.25, 0.3) is 0 Å². The molecule has 0 aromatic heterocycles. The van der Waals surface area contributed by atoms with Crippen LogP contribution in [0.1, 0.15) is 74.1 Å². The van der Waals surface area contributed by atoms with E-state index in [1.165, 1.54) is 28.6 Å². The highest BCUT2D eigenvalue weighted by Gasteiger charge is 2.42. The van der Waals surface area contributed by atoms with Gasteiger partial charge in [0, 0.05) is 37.5 Å². The number of hydrogen-bond acceptors (Lipinski definition) is 7. The number of rotatable bonds is 10. The molecule has 2 N–H and O–H groups in total. The Balaban J connectivity index is 1.49. The molecule has 3 aliphatic heterocycles. The summed E-state index contributed by atoms with van der Waals surface area (Å²) in [6.45, 7) is 4.40. The lowest BCUT2D eigenvalue weighted by Gasteiger charge is -2.40. The van der Waals surface area contributed by atoms with Gasteiger partial charge in [-0.2, -0.15) is 17.5 Å². The molecule has 1 amide bonds. The van der Waals surface area contributed by atoms with Crippen LogP contribution in [0, 0.1) is 11.7 Å². The number of sulfonamides is 1. The number of alkyl halides is 3. The number of nitrogens with one attached hydrogen (secondary N) is 2. The molecule has 270 valence electrons. The summed E-state index contributed by atoms with van der Waals surface area (Å²) in [4.78, 5) is 27.1. The van der Waals surface area contributed by atoms with Crippen molar-refractivity contribution in [2.75, 3.05) is 26.0 Å². The molecule has 9 nitrogen and oxygen atoms in total. The Hall–Kier alpha value is -3.07. The first-order valence-corrected chi connectivity index (χ1v) is 18.5. The standard InChI is InChI=1S/C35H45F4N3O6S/c1-21-16-25(17-22(2)48-21)32(23-9-11-26(36)12-10-23)33(41-34(44)47-3)31(43)18-24-6-4-8-30(35(37,38)39)29(24)14-13-28-19-40-27-7-5-15-49(45,46)42(28)20-27/h4,6,8-12,21-22,25,27-28,32-33,40H,5,7,13-20H2,1-3H3,(H,41,44)/t21-,22+,25?,27-,28+,32+,33-/m1/s1. The molecule has 3 fully saturated rings. The van der Waals surface area contributed by atoms with Gasteiger partial charge in [-0.05, 0) is 93.2 Å². The highest BCUT2D eigenvalue weighted by atomic mass is 32.2. The molecule has 3 saturated heterocycles. The third-order valence-corrected chi connectivity index (χ3v) is 12.1. The maximum Gasteiger partial charge on any atom is 0.416 e. The fourth-order valence-corrected chi connectivity index (χ4v) is 9.75. The molecular formula is C35H45F4N3O6S. The number of fused-ring (bicyclic) bond motifs is 2. The largest absolute Gasteiger partial charge is 0.453 e. The minimum Gasteiger partial charge on any atom is -0.453 e. The van der Waals surface area contributed by atoms with Crippen LogP contribution in [0.15, 0.2) is 42.5 Å². The lowest BCUT2D eigenvalue weighted by atomic mass is 9.72. The number of Topliss-reactive ketones (excluding diaryl/α,β-unsaturated/α-hetero) is 1. The van der Waals surface area contributed by atoms with Crippen molar-refractivity contribution in [2.45, 2.75) is 101 Å². The third kappa shape index (κ3) is 9.00. The SMILES string of the molecule is COC(=O)N[C@H](C(=O)Cc1cccc(C(F)(F)F)c1CC[C@H]1CN[C@@H]2CCCS(=O)(=O)N1C2)[C@@H](c1ccc(F)cc1)C1C[C@@H](C)O[C@@H](C)C1. The molecule has 0 aliphatic carbocycles. The van der Waals surface area contributed by atoms with Gasteiger partial charge >= 0.3 is 12.3 Å². The number of methoxy groups -OCH3 is 1. The van der Waals surface area contributed by atoms with E-state index in [1.54, 1.807) is 12.1 Å². The Kier molecular flexibility index (Phi) is 11.7. The van der Waals surface area contributed by atoms with Crippen LogP contribution in [-0.4, -0.2) is 80.9 Å². The van der Waals surface area contributed by atoms with Crippen molar-refractivity contribution >= 4 is 21.9 Å². The average Bonchev–Trinajstić information content (AvgIpc) is 3.15. The highest BCUT2D eigenvalue weighted by Crippen LogP contribution is 2.40. The monoisotopic (exact) mass is 711 g/mol. The number of amides is 1. The zero-order valence-corrected chi connectivity index (χ0v) is 28.8. The van der Waals surface area contributed by atoms with E-state index in [4.69, 9.17) is 9.47 Å². The van der Waals surface area contributed by atoms with E-state index < -0.39 is 63.9 Å². The van der Waals surface area contributed by atoms with E-state index in [2.05, 4.69) is 10.6 Å². The molecule has 5 rings (SSSR count). The summed E-state index contributed by atoms with van der Waals surface area (Å²) < 4.78 is 95.7. The van der Waals surface area contributed by atoms with Gasteiger partial charge in [-0.25, -0.2) is 17.6 Å². The highest BCUT2D eigenvalue weighted by molar-refractivity contribution is 7.89. The van der Waals surface area contributed by atoms with E-state index in [0.717, 1.165) is 13.2 Å². The fraction of sp³-hybridized carbons (Fsp3) is 0.600. The zero-order chi connectivity index (χ0) is 35.5. The third-order valence-electron chi connectivity index (χ3n) is 10.1. The Bertz CT molecular complexity index is 1580. The number of ketones is 1. The molecule has 0 spiro atoms. The second kappa shape index (κ2) is 15.4. The van der Waals surface area contributed by atoms with Gasteiger partial charge in [0.15, 0.2) is 5.78 Å². The number of nitrogens with zero attached hydrogens (tertiary/aromatic N) is 1. The van der Waals surface area contributed by atoms with E-state index >= 15 is 0 Å². The number of halogens is 4. The van der Waals surface area contributed by atoms with Gasteiger partial charge in [-0.3, -0.25) is 4.79 Å². The zero-order valence-electron chi connectivity index (χ0n) is 28.0. The second-order valence-corrected chi connectivity index (χ2v) is 15.6. The van der Waals surface area contributed by atoms with Crippen molar-refractivity contribution in [2.24, 2.45) is 5.92 Å². The topological polar surface area (TPSA) is 114 Å². The quantitative estimate of drug-likeness (QED) is 0.319. The molecule has 8 atom stereocenters. The Labute approximate surface area is 285 Å². The van der Waals surface area contributed by atoms with Crippen LogP contribution in [-0.2, 0) is 43.3 Å². The first-order valence-electron chi connectivity index (χ1n) is 16.8. The van der Waals surface area contributed by atoms with Crippen LogP contribution in [0.5, 0.6) is 0 Å². The molecule has 3 aliphatic rings. The maximum absolute atomic E-state index is 14.5. The molecule has 2 bridgehead atoms. The predicted octanol–water partition coefficient (Wildman–Crippen LogP) is 5.37. The molecule has 2 aromatic rings. The number of carbonyl (C=O) groups excluding carboxylic acids is 2. The van der Waals surface area contributed by atoms with Crippen LogP contribution >= 0.6 is 0 Å². The number of ether oxygens (including phenoxy) is 2. The second-order valence-electron chi connectivity index (χ2n) is 13.6. The maximum atomic E-state index is 14.5. The molecule has 2 aromatic carbocycles. The average molecular weight is 712 g/mol. The van der Waals surface area contributed by atoms with Gasteiger partial charge in [-0.1, -0.05) is 24.3 Å². The summed E-state index contributed by atoms with van der Waals surface area (Å²) in [5.41, 5.74) is -0.240. The van der Waals surface area contributed by atoms with Crippen LogP contribution in [0.25, 0.3) is 0 Å². The Morgan fingerprint density at radius 3 is 2.45 bits per heavy atom. The molecule has 0 saturated carbocycles. The first-order chi connectivity index (χ1) is 23.2. The van der Waals surface area contributed by atoms with Crippen molar-refractivity contribution in [3.8, 4) is 0 Å². The van der Waals surface area contributed by atoms with Crippen LogP contribution in [0.3, 0.4) is 0 Å². The minimum absolute atomic E-state index is 0.000770. The molecule has 3 heterocycles. The van der Waals surface area contributed by atoms with Crippen LogP contribution in [0.2, 0.25) is 0 Å². The summed E-state index contributed by atoms with van der Waals surface area (Å²) >= 11 is 0. The number of hydrogen-bond donors (Lipinski definition) is 2. The molecule has 49 heavy (non-hydrogen) atoms. The van der Waals surface area contributed by atoms with E-state index in [0.29, 0.717) is 37.8 Å². The van der Waals surface area contributed by atoms with E-state index in [1.807, 2.05) is 13.8 Å². The molecule has 14 heteroatoms. The summed E-state index contributed by atoms with van der Waals surface area (Å²) in [5.74, 6) is -1.89. The number of carbonyl (C=O) groups is 2. The van der Waals surface area contributed by atoms with Crippen molar-refractivity contribution in [3.05, 3.63) is 70.5 Å². The van der Waals surface area contributed by atoms with Crippen molar-refractivity contribution in [3.63, 3.8) is 0 Å². The molecule has 0 radical (unpaired) electrons. The van der Waals surface area contributed by atoms with E-state index in [-0.39, 0.29) is 60.4 Å².